The number of aromatic nitrogens is 2. The average molecular weight is 344 g/mol. The summed E-state index contributed by atoms with van der Waals surface area (Å²) in [7, 11) is 0. The van der Waals surface area contributed by atoms with Gasteiger partial charge in [0.2, 0.25) is 11.7 Å². The number of ether oxygens (including phenoxy) is 2. The molecule has 1 aliphatic rings. The molecule has 0 spiro atoms. The Hall–Kier alpha value is -1.34. The van der Waals surface area contributed by atoms with E-state index in [4.69, 9.17) is 37.2 Å². The molecule has 2 atom stereocenters. The lowest BCUT2D eigenvalue weighted by atomic mass is 10.1. The Kier molecular flexibility index (Phi) is 4.83. The first-order chi connectivity index (χ1) is 10.6. The van der Waals surface area contributed by atoms with E-state index in [1.54, 1.807) is 18.2 Å². The summed E-state index contributed by atoms with van der Waals surface area (Å²) in [4.78, 5) is 4.33. The van der Waals surface area contributed by atoms with Crippen LogP contribution in [0.4, 0.5) is 0 Å². The molecule has 2 aromatic rings. The van der Waals surface area contributed by atoms with Gasteiger partial charge in [-0.1, -0.05) is 28.4 Å². The van der Waals surface area contributed by atoms with Crippen LogP contribution in [0, 0.1) is 0 Å². The van der Waals surface area contributed by atoms with Gasteiger partial charge in [-0.3, -0.25) is 0 Å². The van der Waals surface area contributed by atoms with E-state index in [-0.39, 0.29) is 18.8 Å². The molecule has 2 heterocycles. The van der Waals surface area contributed by atoms with Gasteiger partial charge in [-0.25, -0.2) is 0 Å². The zero-order chi connectivity index (χ0) is 15.5. The van der Waals surface area contributed by atoms with Crippen LogP contribution in [-0.4, -0.2) is 29.4 Å². The van der Waals surface area contributed by atoms with E-state index in [2.05, 4.69) is 15.5 Å². The minimum atomic E-state index is -0.103. The molecule has 22 heavy (non-hydrogen) atoms. The lowest BCUT2D eigenvalue weighted by Crippen LogP contribution is -2.40. The van der Waals surface area contributed by atoms with E-state index >= 15 is 0 Å². The van der Waals surface area contributed by atoms with Gasteiger partial charge in [0.15, 0.2) is 6.61 Å². The minimum absolute atomic E-state index is 0.0197. The molecule has 1 saturated heterocycles. The fourth-order valence-corrected chi connectivity index (χ4v) is 2.66. The first-order valence-corrected chi connectivity index (χ1v) is 7.64. The quantitative estimate of drug-likeness (QED) is 0.920. The van der Waals surface area contributed by atoms with E-state index in [1.165, 1.54) is 0 Å². The first kappa shape index (κ1) is 15.6. The van der Waals surface area contributed by atoms with Crippen molar-refractivity contribution in [1.29, 1.82) is 0 Å². The van der Waals surface area contributed by atoms with Gasteiger partial charge >= 0.3 is 0 Å². The molecule has 118 valence electrons. The highest BCUT2D eigenvalue weighted by Gasteiger charge is 2.28. The SMILES string of the molecule is C[C@H]1OCCN[C@@H]1c1nc(COc2ccc(Cl)cc2Cl)no1. The van der Waals surface area contributed by atoms with Gasteiger partial charge in [0, 0.05) is 11.6 Å². The molecule has 0 radical (unpaired) electrons. The second-order valence-electron chi connectivity index (χ2n) is 4.92. The molecule has 1 aliphatic heterocycles. The highest BCUT2D eigenvalue weighted by Crippen LogP contribution is 2.28. The number of morpholine rings is 1. The van der Waals surface area contributed by atoms with Crippen molar-refractivity contribution >= 4 is 23.2 Å². The zero-order valence-electron chi connectivity index (χ0n) is 11.9. The Morgan fingerprint density at radius 2 is 2.27 bits per heavy atom. The van der Waals surface area contributed by atoms with Gasteiger partial charge in [-0.2, -0.15) is 4.98 Å². The molecule has 0 aliphatic carbocycles. The van der Waals surface area contributed by atoms with Gasteiger partial charge in [0.05, 0.1) is 17.7 Å². The topological polar surface area (TPSA) is 69.4 Å². The van der Waals surface area contributed by atoms with Crippen LogP contribution >= 0.6 is 23.2 Å². The van der Waals surface area contributed by atoms with Crippen LogP contribution < -0.4 is 10.1 Å². The molecule has 3 rings (SSSR count). The largest absolute Gasteiger partial charge is 0.484 e. The van der Waals surface area contributed by atoms with E-state index in [9.17, 15) is 0 Å². The van der Waals surface area contributed by atoms with Crippen LogP contribution in [0.2, 0.25) is 10.0 Å². The van der Waals surface area contributed by atoms with Crippen molar-refractivity contribution in [2.24, 2.45) is 0 Å². The Morgan fingerprint density at radius 3 is 3.05 bits per heavy atom. The molecular formula is C14H15Cl2N3O3. The Bertz CT molecular complexity index is 650. The number of rotatable bonds is 4. The molecule has 0 saturated carbocycles. The average Bonchev–Trinajstić information content (AvgIpc) is 2.95. The fourth-order valence-electron chi connectivity index (χ4n) is 2.20. The second-order valence-corrected chi connectivity index (χ2v) is 5.76. The molecule has 8 heteroatoms. The second kappa shape index (κ2) is 6.83. The maximum Gasteiger partial charge on any atom is 0.246 e. The van der Waals surface area contributed by atoms with Crippen molar-refractivity contribution in [3.63, 3.8) is 0 Å². The molecule has 1 aromatic carbocycles. The van der Waals surface area contributed by atoms with Crippen molar-refractivity contribution < 1.29 is 14.0 Å². The van der Waals surface area contributed by atoms with Crippen LogP contribution in [0.25, 0.3) is 0 Å². The molecule has 1 N–H and O–H groups in total. The Morgan fingerprint density at radius 1 is 1.41 bits per heavy atom. The molecule has 1 aromatic heterocycles. The molecule has 0 bridgehead atoms. The maximum atomic E-state index is 6.04. The Balaban J connectivity index is 1.64. The third kappa shape index (κ3) is 3.52. The molecule has 1 fully saturated rings. The normalized spacial score (nSPS) is 21.8. The van der Waals surface area contributed by atoms with Crippen LogP contribution in [0.15, 0.2) is 22.7 Å². The van der Waals surface area contributed by atoms with Gasteiger partial charge in [-0.05, 0) is 25.1 Å². The molecule has 6 nitrogen and oxygen atoms in total. The van der Waals surface area contributed by atoms with Crippen molar-refractivity contribution in [2.75, 3.05) is 13.2 Å². The monoisotopic (exact) mass is 343 g/mol. The van der Waals surface area contributed by atoms with Crippen molar-refractivity contribution in [3.8, 4) is 5.75 Å². The van der Waals surface area contributed by atoms with E-state index < -0.39 is 0 Å². The summed E-state index contributed by atoms with van der Waals surface area (Å²) < 4.78 is 16.4. The third-order valence-electron chi connectivity index (χ3n) is 3.32. The summed E-state index contributed by atoms with van der Waals surface area (Å²) in [5.74, 6) is 1.46. The van der Waals surface area contributed by atoms with Gasteiger partial charge in [0.25, 0.3) is 0 Å². The van der Waals surface area contributed by atoms with E-state index in [0.29, 0.717) is 34.1 Å². The summed E-state index contributed by atoms with van der Waals surface area (Å²) in [6, 6.07) is 4.92. The van der Waals surface area contributed by atoms with Gasteiger partial charge in [-0.15, -0.1) is 0 Å². The predicted molar refractivity (Wildman–Crippen MR) is 81.2 cm³/mol. The molecule has 0 amide bonds. The maximum absolute atomic E-state index is 6.04. The minimum Gasteiger partial charge on any atom is -0.484 e. The summed E-state index contributed by atoms with van der Waals surface area (Å²) >= 11 is 11.9. The van der Waals surface area contributed by atoms with E-state index in [1.807, 2.05) is 6.92 Å². The lowest BCUT2D eigenvalue weighted by Gasteiger charge is -2.27. The standard InChI is InChI=1S/C14H15Cl2N3O3/c1-8-13(17-4-5-20-8)14-18-12(19-22-14)7-21-11-3-2-9(15)6-10(11)16/h2-3,6,8,13,17H,4-5,7H2,1H3/t8-,13+/m1/s1. The molecular weight excluding hydrogens is 329 g/mol. The van der Waals surface area contributed by atoms with Crippen molar-refractivity contribution in [1.82, 2.24) is 15.5 Å². The van der Waals surface area contributed by atoms with Crippen molar-refractivity contribution in [3.05, 3.63) is 40.0 Å². The highest BCUT2D eigenvalue weighted by atomic mass is 35.5. The summed E-state index contributed by atoms with van der Waals surface area (Å²) in [6.45, 7) is 3.55. The van der Waals surface area contributed by atoms with Gasteiger partial charge < -0.3 is 19.3 Å². The summed E-state index contributed by atoms with van der Waals surface area (Å²) in [5.41, 5.74) is 0. The zero-order valence-corrected chi connectivity index (χ0v) is 13.4. The van der Waals surface area contributed by atoms with Crippen molar-refractivity contribution in [2.45, 2.75) is 25.7 Å². The third-order valence-corrected chi connectivity index (χ3v) is 3.85. The summed E-state index contributed by atoms with van der Waals surface area (Å²) in [6.07, 6.45) is -0.0197. The number of halogens is 2. The van der Waals surface area contributed by atoms with Crippen LogP contribution in [0.5, 0.6) is 5.75 Å². The smallest absolute Gasteiger partial charge is 0.246 e. The van der Waals surface area contributed by atoms with E-state index in [0.717, 1.165) is 6.54 Å². The number of nitrogens with one attached hydrogen (secondary N) is 1. The Labute approximate surface area is 137 Å². The number of hydrogen-bond donors (Lipinski definition) is 1. The number of hydrogen-bond acceptors (Lipinski definition) is 6. The predicted octanol–water partition coefficient (Wildman–Crippen LogP) is 3.00. The van der Waals surface area contributed by atoms with Crippen LogP contribution in [0.3, 0.4) is 0 Å². The summed E-state index contributed by atoms with van der Waals surface area (Å²) in [5, 5.41) is 8.19. The number of benzene rings is 1. The first-order valence-electron chi connectivity index (χ1n) is 6.89. The highest BCUT2D eigenvalue weighted by molar-refractivity contribution is 6.35. The fraction of sp³-hybridized carbons (Fsp3) is 0.429. The van der Waals surface area contributed by atoms with Crippen LogP contribution in [0.1, 0.15) is 24.7 Å². The lowest BCUT2D eigenvalue weighted by molar-refractivity contribution is -0.00136. The van der Waals surface area contributed by atoms with Gasteiger partial charge in [0.1, 0.15) is 11.8 Å². The van der Waals surface area contributed by atoms with Crippen LogP contribution in [-0.2, 0) is 11.3 Å². The molecule has 0 unspecified atom stereocenters. The number of nitrogens with zero attached hydrogens (tertiary/aromatic N) is 2.